The van der Waals surface area contributed by atoms with E-state index in [1.165, 1.54) is 0 Å². The SMILES string of the molecule is CC(CCON1C(=O)CCC1=O)N1C(=O)CC(O)C1=O. The largest absolute Gasteiger partial charge is 0.383 e. The first-order chi connectivity index (χ1) is 9.41. The van der Waals surface area contributed by atoms with Crippen molar-refractivity contribution in [2.75, 3.05) is 6.61 Å². The summed E-state index contributed by atoms with van der Waals surface area (Å²) >= 11 is 0. The average molecular weight is 284 g/mol. The number of aliphatic hydroxyl groups excluding tert-OH is 1. The predicted molar refractivity (Wildman–Crippen MR) is 63.6 cm³/mol. The summed E-state index contributed by atoms with van der Waals surface area (Å²) in [5.74, 6) is -1.81. The monoisotopic (exact) mass is 284 g/mol. The van der Waals surface area contributed by atoms with Crippen molar-refractivity contribution in [2.24, 2.45) is 0 Å². The van der Waals surface area contributed by atoms with Gasteiger partial charge in [-0.15, -0.1) is 0 Å². The minimum atomic E-state index is -1.27. The van der Waals surface area contributed by atoms with Crippen LogP contribution in [-0.2, 0) is 24.0 Å². The fourth-order valence-electron chi connectivity index (χ4n) is 2.24. The van der Waals surface area contributed by atoms with E-state index in [0.717, 1.165) is 9.96 Å². The molecule has 2 aliphatic heterocycles. The van der Waals surface area contributed by atoms with Gasteiger partial charge < -0.3 is 5.11 Å². The van der Waals surface area contributed by atoms with Gasteiger partial charge in [-0.05, 0) is 13.3 Å². The second kappa shape index (κ2) is 5.68. The molecule has 0 radical (unpaired) electrons. The lowest BCUT2D eigenvalue weighted by molar-refractivity contribution is -0.188. The molecule has 2 heterocycles. The van der Waals surface area contributed by atoms with Crippen LogP contribution in [0, 0.1) is 0 Å². The van der Waals surface area contributed by atoms with E-state index < -0.39 is 24.0 Å². The Labute approximate surface area is 115 Å². The zero-order chi connectivity index (χ0) is 14.9. The number of carbonyl (C=O) groups is 4. The molecule has 0 bridgehead atoms. The van der Waals surface area contributed by atoms with Crippen LogP contribution in [0.2, 0.25) is 0 Å². The average Bonchev–Trinajstić information content (AvgIpc) is 2.82. The maximum atomic E-state index is 11.6. The van der Waals surface area contributed by atoms with Crippen LogP contribution in [0.15, 0.2) is 0 Å². The molecule has 0 aromatic rings. The fourth-order valence-corrected chi connectivity index (χ4v) is 2.24. The normalized spacial score (nSPS) is 25.0. The van der Waals surface area contributed by atoms with Crippen LogP contribution in [0.25, 0.3) is 0 Å². The standard InChI is InChI=1S/C12H16N2O6/c1-7(13-11(18)6-8(15)12(13)19)4-5-20-14-9(16)2-3-10(14)17/h7-8,15H,2-6H2,1H3. The lowest BCUT2D eigenvalue weighted by Gasteiger charge is -2.23. The number of rotatable bonds is 5. The highest BCUT2D eigenvalue weighted by Gasteiger charge is 2.40. The van der Waals surface area contributed by atoms with Gasteiger partial charge in [0.2, 0.25) is 5.91 Å². The van der Waals surface area contributed by atoms with E-state index in [-0.39, 0.29) is 44.1 Å². The second-order valence-corrected chi connectivity index (χ2v) is 4.87. The van der Waals surface area contributed by atoms with Crippen LogP contribution in [0.5, 0.6) is 0 Å². The number of carbonyl (C=O) groups excluding carboxylic acids is 4. The molecule has 4 amide bonds. The van der Waals surface area contributed by atoms with Gasteiger partial charge >= 0.3 is 0 Å². The van der Waals surface area contributed by atoms with Crippen LogP contribution in [0.1, 0.15) is 32.6 Å². The van der Waals surface area contributed by atoms with Crippen molar-refractivity contribution in [3.8, 4) is 0 Å². The predicted octanol–water partition coefficient (Wildman–Crippen LogP) is -1.03. The summed E-state index contributed by atoms with van der Waals surface area (Å²) in [5.41, 5.74) is 0. The third-order valence-electron chi connectivity index (χ3n) is 3.36. The van der Waals surface area contributed by atoms with Gasteiger partial charge in [0.05, 0.1) is 13.0 Å². The molecule has 1 N–H and O–H groups in total. The van der Waals surface area contributed by atoms with E-state index in [0.29, 0.717) is 0 Å². The number of likely N-dealkylation sites (tertiary alicyclic amines) is 1. The Kier molecular flexibility index (Phi) is 4.15. The fraction of sp³-hybridized carbons (Fsp3) is 0.667. The van der Waals surface area contributed by atoms with Crippen LogP contribution >= 0.6 is 0 Å². The van der Waals surface area contributed by atoms with Crippen LogP contribution in [-0.4, -0.2) is 57.5 Å². The summed E-state index contributed by atoms with van der Waals surface area (Å²) in [6.07, 6.45) is -0.908. The van der Waals surface area contributed by atoms with Crippen molar-refractivity contribution < 1.29 is 29.1 Å². The molecule has 0 aromatic carbocycles. The first-order valence-electron chi connectivity index (χ1n) is 6.44. The van der Waals surface area contributed by atoms with Gasteiger partial charge in [-0.1, -0.05) is 0 Å². The van der Waals surface area contributed by atoms with Crippen molar-refractivity contribution in [3.63, 3.8) is 0 Å². The Morgan fingerprint density at radius 2 is 1.80 bits per heavy atom. The van der Waals surface area contributed by atoms with Gasteiger partial charge in [0.1, 0.15) is 6.10 Å². The Balaban J connectivity index is 1.82. The summed E-state index contributed by atoms with van der Waals surface area (Å²) in [6, 6.07) is -0.458. The second-order valence-electron chi connectivity index (χ2n) is 4.87. The third-order valence-corrected chi connectivity index (χ3v) is 3.36. The minimum Gasteiger partial charge on any atom is -0.383 e. The molecule has 2 unspecified atom stereocenters. The Bertz CT molecular complexity index is 447. The highest BCUT2D eigenvalue weighted by molar-refractivity contribution is 6.05. The molecule has 8 nitrogen and oxygen atoms in total. The summed E-state index contributed by atoms with van der Waals surface area (Å²) in [7, 11) is 0. The molecule has 2 saturated heterocycles. The number of hydrogen-bond donors (Lipinski definition) is 1. The summed E-state index contributed by atoms with van der Waals surface area (Å²) < 4.78 is 0. The molecule has 20 heavy (non-hydrogen) atoms. The van der Waals surface area contributed by atoms with Crippen LogP contribution in [0.4, 0.5) is 0 Å². The smallest absolute Gasteiger partial charge is 0.258 e. The Morgan fingerprint density at radius 1 is 1.20 bits per heavy atom. The molecule has 2 atom stereocenters. The molecule has 8 heteroatoms. The van der Waals surface area contributed by atoms with E-state index in [4.69, 9.17) is 4.84 Å². The zero-order valence-electron chi connectivity index (χ0n) is 11.1. The molecule has 0 aliphatic carbocycles. The van der Waals surface area contributed by atoms with E-state index >= 15 is 0 Å². The van der Waals surface area contributed by atoms with Crippen LogP contribution < -0.4 is 0 Å². The molecule has 2 aliphatic rings. The van der Waals surface area contributed by atoms with Crippen molar-refractivity contribution in [1.82, 2.24) is 9.96 Å². The van der Waals surface area contributed by atoms with E-state index in [1.807, 2.05) is 0 Å². The van der Waals surface area contributed by atoms with Gasteiger partial charge in [0.15, 0.2) is 0 Å². The topological polar surface area (TPSA) is 104 Å². The van der Waals surface area contributed by atoms with Gasteiger partial charge in [-0.3, -0.25) is 28.9 Å². The summed E-state index contributed by atoms with van der Waals surface area (Å²) in [5, 5.41) is 10.0. The van der Waals surface area contributed by atoms with Crippen molar-refractivity contribution in [1.29, 1.82) is 0 Å². The molecule has 0 saturated carbocycles. The molecule has 0 aromatic heterocycles. The van der Waals surface area contributed by atoms with Crippen LogP contribution in [0.3, 0.4) is 0 Å². The number of amides is 4. The first-order valence-corrected chi connectivity index (χ1v) is 6.44. The summed E-state index contributed by atoms with van der Waals surface area (Å²) in [4.78, 5) is 51.8. The van der Waals surface area contributed by atoms with E-state index in [2.05, 4.69) is 0 Å². The quantitative estimate of drug-likeness (QED) is 0.647. The molecule has 2 rings (SSSR count). The van der Waals surface area contributed by atoms with E-state index in [9.17, 15) is 24.3 Å². The lowest BCUT2D eigenvalue weighted by Crippen LogP contribution is -2.40. The zero-order valence-corrected chi connectivity index (χ0v) is 11.1. The van der Waals surface area contributed by atoms with Gasteiger partial charge in [-0.2, -0.15) is 5.06 Å². The van der Waals surface area contributed by atoms with Crippen molar-refractivity contribution in [3.05, 3.63) is 0 Å². The maximum absolute atomic E-state index is 11.6. The summed E-state index contributed by atoms with van der Waals surface area (Å²) in [6.45, 7) is 1.68. The number of nitrogens with zero attached hydrogens (tertiary/aromatic N) is 2. The third kappa shape index (κ3) is 2.70. The molecule has 2 fully saturated rings. The molecular weight excluding hydrogens is 268 g/mol. The van der Waals surface area contributed by atoms with Gasteiger partial charge in [0.25, 0.3) is 17.7 Å². The van der Waals surface area contributed by atoms with Gasteiger partial charge in [0, 0.05) is 18.9 Å². The Morgan fingerprint density at radius 3 is 2.30 bits per heavy atom. The minimum absolute atomic E-state index is 0.0335. The lowest BCUT2D eigenvalue weighted by atomic mass is 10.2. The first kappa shape index (κ1) is 14.6. The van der Waals surface area contributed by atoms with Crippen molar-refractivity contribution in [2.45, 2.75) is 44.8 Å². The van der Waals surface area contributed by atoms with Crippen molar-refractivity contribution >= 4 is 23.6 Å². The highest BCUT2D eigenvalue weighted by Crippen LogP contribution is 2.18. The Hall–Kier alpha value is -1.80. The molecule has 0 spiro atoms. The number of hydrogen-bond acceptors (Lipinski definition) is 6. The molecule has 110 valence electrons. The number of aliphatic hydroxyl groups is 1. The maximum Gasteiger partial charge on any atom is 0.258 e. The number of imide groups is 2. The number of hydroxylamine groups is 2. The molecular formula is C12H16N2O6. The van der Waals surface area contributed by atoms with Gasteiger partial charge in [-0.25, -0.2) is 0 Å². The van der Waals surface area contributed by atoms with E-state index in [1.54, 1.807) is 6.92 Å². The highest BCUT2D eigenvalue weighted by atomic mass is 16.7.